The van der Waals surface area contributed by atoms with E-state index in [0.717, 1.165) is 0 Å². The molecule has 5 heteroatoms. The van der Waals surface area contributed by atoms with Crippen LogP contribution in [-0.4, -0.2) is 17.3 Å². The van der Waals surface area contributed by atoms with Crippen LogP contribution < -0.4 is 4.74 Å². The molecule has 13 heavy (non-hydrogen) atoms. The Bertz CT molecular complexity index is 455. The van der Waals surface area contributed by atoms with E-state index in [-0.39, 0.29) is 0 Å². The molecule has 0 aliphatic rings. The number of nitrogens with zero attached hydrogens (tertiary/aromatic N) is 1. The number of rotatable bonds is 1. The fourth-order valence-electron chi connectivity index (χ4n) is 1.18. The fraction of sp³-hybridized carbons (Fsp3) is 0.125. The summed E-state index contributed by atoms with van der Waals surface area (Å²) in [6, 6.07) is 2.57. The number of methoxy groups -OCH3 is 1. The maximum atomic E-state index is 13.0. The molecule has 0 spiro atoms. The second-order valence-electron chi connectivity index (χ2n) is 2.54. The molecule has 0 bridgehead atoms. The molecule has 0 saturated heterocycles. The largest absolute Gasteiger partial charge is 0.494 e. The van der Waals surface area contributed by atoms with Crippen molar-refractivity contribution < 1.29 is 9.13 Å². The van der Waals surface area contributed by atoms with Gasteiger partial charge in [0.1, 0.15) is 22.2 Å². The number of ether oxygens (including phenoxy) is 1. The van der Waals surface area contributed by atoms with E-state index in [1.165, 1.54) is 19.2 Å². The lowest BCUT2D eigenvalue weighted by Gasteiger charge is -1.99. The highest BCUT2D eigenvalue weighted by atomic mass is 35.5. The van der Waals surface area contributed by atoms with Crippen molar-refractivity contribution >= 4 is 22.5 Å². The lowest BCUT2D eigenvalue weighted by atomic mass is 10.2. The second-order valence-corrected chi connectivity index (χ2v) is 2.92. The van der Waals surface area contributed by atoms with Gasteiger partial charge in [0, 0.05) is 11.5 Å². The van der Waals surface area contributed by atoms with Crippen molar-refractivity contribution in [2.75, 3.05) is 7.11 Å². The number of halogens is 2. The number of hydrogen-bond donors (Lipinski definition) is 1. The normalized spacial score (nSPS) is 10.7. The smallest absolute Gasteiger partial charge is 0.149 e. The Hall–Kier alpha value is -1.29. The molecule has 0 aliphatic heterocycles. The monoisotopic (exact) mass is 200 g/mol. The average molecular weight is 201 g/mol. The second kappa shape index (κ2) is 2.88. The van der Waals surface area contributed by atoms with Crippen LogP contribution >= 0.6 is 11.6 Å². The molecule has 0 amide bonds. The summed E-state index contributed by atoms with van der Waals surface area (Å²) in [6.45, 7) is 0. The Morgan fingerprint density at radius 2 is 2.31 bits per heavy atom. The zero-order chi connectivity index (χ0) is 9.42. The van der Waals surface area contributed by atoms with E-state index in [9.17, 15) is 4.39 Å². The molecule has 0 atom stereocenters. The van der Waals surface area contributed by atoms with E-state index in [2.05, 4.69) is 10.2 Å². The minimum absolute atomic E-state index is 0.313. The first-order valence-corrected chi connectivity index (χ1v) is 3.97. The summed E-state index contributed by atoms with van der Waals surface area (Å²) in [5.41, 5.74) is 0.536. The van der Waals surface area contributed by atoms with Gasteiger partial charge in [-0.15, -0.1) is 0 Å². The Kier molecular flexibility index (Phi) is 1.84. The van der Waals surface area contributed by atoms with Gasteiger partial charge in [0.05, 0.1) is 7.11 Å². The third-order valence-corrected chi connectivity index (χ3v) is 2.05. The van der Waals surface area contributed by atoms with Gasteiger partial charge in [-0.05, 0) is 6.07 Å². The minimum atomic E-state index is -0.396. The summed E-state index contributed by atoms with van der Waals surface area (Å²) in [5.74, 6) is -0.0224. The molecule has 2 rings (SSSR count). The predicted octanol–water partition coefficient (Wildman–Crippen LogP) is 2.36. The first kappa shape index (κ1) is 8.31. The lowest BCUT2D eigenvalue weighted by molar-refractivity contribution is 0.415. The molecule has 1 heterocycles. The van der Waals surface area contributed by atoms with Crippen molar-refractivity contribution in [3.8, 4) is 5.75 Å². The lowest BCUT2D eigenvalue weighted by Crippen LogP contribution is -1.86. The highest BCUT2D eigenvalue weighted by Crippen LogP contribution is 2.29. The van der Waals surface area contributed by atoms with Crippen LogP contribution in [0.3, 0.4) is 0 Å². The van der Waals surface area contributed by atoms with E-state index in [4.69, 9.17) is 16.3 Å². The summed E-state index contributed by atoms with van der Waals surface area (Å²) < 4.78 is 17.9. The minimum Gasteiger partial charge on any atom is -0.494 e. The highest BCUT2D eigenvalue weighted by Gasteiger charge is 2.10. The molecular formula is C8H6ClFN2O. The van der Waals surface area contributed by atoms with Gasteiger partial charge in [0.2, 0.25) is 0 Å². The molecule has 0 radical (unpaired) electrons. The summed E-state index contributed by atoms with van der Waals surface area (Å²) >= 11 is 5.73. The SMILES string of the molecule is COc1cc(F)cc2c(Cl)[nH]nc12. The highest BCUT2D eigenvalue weighted by molar-refractivity contribution is 6.34. The molecule has 0 unspecified atom stereocenters. The summed E-state index contributed by atoms with van der Waals surface area (Å²) in [4.78, 5) is 0. The van der Waals surface area contributed by atoms with Gasteiger partial charge in [-0.2, -0.15) is 5.10 Å². The maximum Gasteiger partial charge on any atom is 0.149 e. The Balaban J connectivity index is 2.84. The van der Waals surface area contributed by atoms with E-state index < -0.39 is 5.82 Å². The number of fused-ring (bicyclic) bond motifs is 1. The topological polar surface area (TPSA) is 37.9 Å². The average Bonchev–Trinajstić information content (AvgIpc) is 2.47. The molecule has 68 valence electrons. The zero-order valence-electron chi connectivity index (χ0n) is 6.77. The molecule has 1 N–H and O–H groups in total. The number of aromatic nitrogens is 2. The van der Waals surface area contributed by atoms with Crippen LogP contribution in [0.1, 0.15) is 0 Å². The van der Waals surface area contributed by atoms with Gasteiger partial charge in [0.25, 0.3) is 0 Å². The van der Waals surface area contributed by atoms with Crippen molar-refractivity contribution in [2.24, 2.45) is 0 Å². The number of benzene rings is 1. The van der Waals surface area contributed by atoms with Crippen LogP contribution in [0.4, 0.5) is 4.39 Å². The van der Waals surface area contributed by atoms with Crippen molar-refractivity contribution in [3.63, 3.8) is 0 Å². The maximum absolute atomic E-state index is 13.0. The first-order chi connectivity index (χ1) is 6.22. The number of hydrogen-bond acceptors (Lipinski definition) is 2. The van der Waals surface area contributed by atoms with Crippen molar-refractivity contribution in [1.82, 2.24) is 10.2 Å². The number of nitrogens with one attached hydrogen (secondary N) is 1. The van der Waals surface area contributed by atoms with Crippen molar-refractivity contribution in [3.05, 3.63) is 23.1 Å². The van der Waals surface area contributed by atoms with Gasteiger partial charge in [-0.1, -0.05) is 11.6 Å². The fourth-order valence-corrected chi connectivity index (χ4v) is 1.36. The van der Waals surface area contributed by atoms with Gasteiger partial charge >= 0.3 is 0 Å². The Morgan fingerprint density at radius 1 is 1.54 bits per heavy atom. The molecular weight excluding hydrogens is 195 g/mol. The van der Waals surface area contributed by atoms with Crippen molar-refractivity contribution in [2.45, 2.75) is 0 Å². The van der Waals surface area contributed by atoms with Gasteiger partial charge in [0.15, 0.2) is 0 Å². The van der Waals surface area contributed by atoms with Crippen LogP contribution in [-0.2, 0) is 0 Å². The summed E-state index contributed by atoms with van der Waals surface area (Å²) in [6.07, 6.45) is 0. The van der Waals surface area contributed by atoms with Gasteiger partial charge < -0.3 is 4.74 Å². The van der Waals surface area contributed by atoms with E-state index >= 15 is 0 Å². The third kappa shape index (κ3) is 1.23. The number of H-pyrrole nitrogens is 1. The van der Waals surface area contributed by atoms with Crippen LogP contribution in [0.15, 0.2) is 12.1 Å². The van der Waals surface area contributed by atoms with Gasteiger partial charge in [-0.25, -0.2) is 4.39 Å². The number of aromatic amines is 1. The molecule has 1 aromatic carbocycles. The van der Waals surface area contributed by atoms with Crippen molar-refractivity contribution in [1.29, 1.82) is 0 Å². The van der Waals surface area contributed by atoms with Crippen LogP contribution in [0.25, 0.3) is 10.9 Å². The molecule has 1 aromatic heterocycles. The van der Waals surface area contributed by atoms with E-state index in [1.807, 2.05) is 0 Å². The standard InChI is InChI=1S/C8H6ClFN2O/c1-13-6-3-4(10)2-5-7(6)11-12-8(5)9/h2-3H,1H3,(H,11,12). The quantitative estimate of drug-likeness (QED) is 0.768. The summed E-state index contributed by atoms with van der Waals surface area (Å²) in [5, 5.41) is 7.27. The Labute approximate surface area is 78.5 Å². The molecule has 0 saturated carbocycles. The van der Waals surface area contributed by atoms with Crippen LogP contribution in [0.5, 0.6) is 5.75 Å². The third-order valence-electron chi connectivity index (χ3n) is 1.76. The summed E-state index contributed by atoms with van der Waals surface area (Å²) in [7, 11) is 1.46. The molecule has 0 aliphatic carbocycles. The van der Waals surface area contributed by atoms with E-state index in [1.54, 1.807) is 0 Å². The van der Waals surface area contributed by atoms with Gasteiger partial charge in [-0.3, -0.25) is 5.10 Å². The van der Waals surface area contributed by atoms with Crippen LogP contribution in [0.2, 0.25) is 5.15 Å². The van der Waals surface area contributed by atoms with E-state index in [0.29, 0.717) is 21.8 Å². The molecule has 2 aromatic rings. The molecule has 0 fully saturated rings. The first-order valence-electron chi connectivity index (χ1n) is 3.59. The predicted molar refractivity (Wildman–Crippen MR) is 47.6 cm³/mol. The van der Waals surface area contributed by atoms with Crippen LogP contribution in [0, 0.1) is 5.82 Å². The zero-order valence-corrected chi connectivity index (χ0v) is 7.52. The molecule has 3 nitrogen and oxygen atoms in total. The Morgan fingerprint density at radius 3 is 3.00 bits per heavy atom.